The van der Waals surface area contributed by atoms with E-state index in [0.29, 0.717) is 30.3 Å². The lowest BCUT2D eigenvalue weighted by molar-refractivity contribution is -0.116. The molecule has 0 heterocycles. The van der Waals surface area contributed by atoms with Gasteiger partial charge in [0.15, 0.2) is 0 Å². The molecule has 0 aromatic heterocycles. The summed E-state index contributed by atoms with van der Waals surface area (Å²) in [5.74, 6) is -0.918. The van der Waals surface area contributed by atoms with Crippen LogP contribution in [-0.2, 0) is 19.6 Å². The van der Waals surface area contributed by atoms with Crippen LogP contribution in [0.1, 0.15) is 16.8 Å². The van der Waals surface area contributed by atoms with E-state index in [2.05, 4.69) is 10.6 Å². The maximum atomic E-state index is 12.6. The van der Waals surface area contributed by atoms with Crippen molar-refractivity contribution in [2.24, 2.45) is 0 Å². The Bertz CT molecular complexity index is 980. The summed E-state index contributed by atoms with van der Waals surface area (Å²) in [7, 11) is -0.981. The van der Waals surface area contributed by atoms with E-state index in [0.717, 1.165) is 4.31 Å². The second kappa shape index (κ2) is 11.1. The molecule has 10 heteroatoms. The fraction of sp³-hybridized carbons (Fsp3) is 0.300. The van der Waals surface area contributed by atoms with E-state index in [4.69, 9.17) is 16.3 Å². The first-order valence-corrected chi connectivity index (χ1v) is 11.0. The zero-order chi connectivity index (χ0) is 22.1. The Hall–Kier alpha value is -2.46. The van der Waals surface area contributed by atoms with Gasteiger partial charge in [0, 0.05) is 32.3 Å². The van der Waals surface area contributed by atoms with Gasteiger partial charge in [0.25, 0.3) is 5.91 Å². The number of nitrogens with one attached hydrogen (secondary N) is 2. The van der Waals surface area contributed by atoms with Gasteiger partial charge in [-0.1, -0.05) is 23.7 Å². The number of halogens is 1. The number of hydrogen-bond donors (Lipinski definition) is 2. The summed E-state index contributed by atoms with van der Waals surface area (Å²) >= 11 is 5.79. The number of benzene rings is 2. The SMILES string of the molecule is COCCCNC(=O)c1ccccc1NC(=O)CN(C)S(=O)(=O)c1ccc(Cl)cc1. The number of nitrogens with zero attached hydrogens (tertiary/aromatic N) is 1. The number of para-hydroxylation sites is 1. The number of sulfonamides is 1. The second-order valence-corrected chi connectivity index (χ2v) is 8.89. The van der Waals surface area contributed by atoms with Crippen molar-refractivity contribution in [2.75, 3.05) is 39.2 Å². The molecule has 0 saturated carbocycles. The summed E-state index contributed by atoms with van der Waals surface area (Å²) in [5, 5.41) is 5.76. The number of methoxy groups -OCH3 is 1. The van der Waals surface area contributed by atoms with E-state index in [9.17, 15) is 18.0 Å². The van der Waals surface area contributed by atoms with E-state index < -0.39 is 22.5 Å². The van der Waals surface area contributed by atoms with Crippen LogP contribution in [0.3, 0.4) is 0 Å². The fourth-order valence-corrected chi connectivity index (χ4v) is 3.82. The molecule has 0 saturated heterocycles. The van der Waals surface area contributed by atoms with Crippen molar-refractivity contribution in [3.05, 3.63) is 59.1 Å². The molecule has 0 atom stereocenters. The number of anilines is 1. The number of ether oxygens (including phenoxy) is 1. The number of carbonyl (C=O) groups is 2. The van der Waals surface area contributed by atoms with Crippen LogP contribution in [-0.4, -0.2) is 58.4 Å². The predicted molar refractivity (Wildman–Crippen MR) is 115 cm³/mol. The molecule has 8 nitrogen and oxygen atoms in total. The minimum atomic E-state index is -3.86. The van der Waals surface area contributed by atoms with Crippen molar-refractivity contribution >= 4 is 39.1 Å². The lowest BCUT2D eigenvalue weighted by Gasteiger charge is -2.18. The van der Waals surface area contributed by atoms with Crippen LogP contribution < -0.4 is 10.6 Å². The minimum absolute atomic E-state index is 0.0260. The van der Waals surface area contributed by atoms with Crippen LogP contribution in [0.5, 0.6) is 0 Å². The van der Waals surface area contributed by atoms with Crippen LogP contribution in [0.2, 0.25) is 5.02 Å². The molecular formula is C20H24ClN3O5S. The summed E-state index contributed by atoms with van der Waals surface area (Å²) in [5.41, 5.74) is 0.579. The van der Waals surface area contributed by atoms with Crippen molar-refractivity contribution < 1.29 is 22.7 Å². The second-order valence-electron chi connectivity index (χ2n) is 6.41. The molecular weight excluding hydrogens is 430 g/mol. The first-order valence-electron chi connectivity index (χ1n) is 9.13. The van der Waals surface area contributed by atoms with Gasteiger partial charge in [-0.25, -0.2) is 8.42 Å². The first kappa shape index (κ1) is 23.8. The largest absolute Gasteiger partial charge is 0.385 e. The third-order valence-corrected chi connectivity index (χ3v) is 6.21. The van der Waals surface area contributed by atoms with Crippen molar-refractivity contribution in [1.82, 2.24) is 9.62 Å². The molecule has 0 fully saturated rings. The Morgan fingerprint density at radius 3 is 2.43 bits per heavy atom. The van der Waals surface area contributed by atoms with Crippen molar-refractivity contribution in [3.8, 4) is 0 Å². The Morgan fingerprint density at radius 1 is 1.10 bits per heavy atom. The molecule has 2 N–H and O–H groups in total. The molecule has 0 radical (unpaired) electrons. The number of carbonyl (C=O) groups excluding carboxylic acids is 2. The van der Waals surface area contributed by atoms with Crippen LogP contribution >= 0.6 is 11.6 Å². The topological polar surface area (TPSA) is 105 Å². The van der Waals surface area contributed by atoms with Gasteiger partial charge in [0.05, 0.1) is 22.7 Å². The highest BCUT2D eigenvalue weighted by atomic mass is 35.5. The van der Waals surface area contributed by atoms with Crippen LogP contribution in [0.25, 0.3) is 0 Å². The van der Waals surface area contributed by atoms with E-state index >= 15 is 0 Å². The lowest BCUT2D eigenvalue weighted by atomic mass is 10.1. The van der Waals surface area contributed by atoms with Gasteiger partial charge in [-0.15, -0.1) is 0 Å². The molecule has 2 aromatic carbocycles. The molecule has 0 aliphatic heterocycles. The van der Waals surface area contributed by atoms with E-state index in [1.807, 2.05) is 0 Å². The van der Waals surface area contributed by atoms with Gasteiger partial charge >= 0.3 is 0 Å². The predicted octanol–water partition coefficient (Wildman–Crippen LogP) is 2.37. The van der Waals surface area contributed by atoms with Gasteiger partial charge in [0.1, 0.15) is 0 Å². The maximum Gasteiger partial charge on any atom is 0.253 e. The number of amides is 2. The zero-order valence-corrected chi connectivity index (χ0v) is 18.3. The molecule has 0 spiro atoms. The average Bonchev–Trinajstić information content (AvgIpc) is 2.71. The highest BCUT2D eigenvalue weighted by Crippen LogP contribution is 2.18. The van der Waals surface area contributed by atoms with Gasteiger partial charge in [-0.05, 0) is 42.8 Å². The molecule has 2 amide bonds. The number of likely N-dealkylation sites (N-methyl/N-ethyl adjacent to an activating group) is 1. The molecule has 0 unspecified atom stereocenters. The third-order valence-electron chi connectivity index (χ3n) is 4.14. The summed E-state index contributed by atoms with van der Waals surface area (Å²) in [6, 6.07) is 12.2. The third kappa shape index (κ3) is 6.53. The smallest absolute Gasteiger partial charge is 0.253 e. The van der Waals surface area contributed by atoms with E-state index in [-0.39, 0.29) is 16.4 Å². The van der Waals surface area contributed by atoms with Crippen molar-refractivity contribution in [1.29, 1.82) is 0 Å². The molecule has 2 aromatic rings. The lowest BCUT2D eigenvalue weighted by Crippen LogP contribution is -2.35. The Morgan fingerprint density at radius 2 is 1.77 bits per heavy atom. The fourth-order valence-electron chi connectivity index (χ4n) is 2.57. The molecule has 0 aliphatic carbocycles. The van der Waals surface area contributed by atoms with Gasteiger partial charge in [-0.2, -0.15) is 4.31 Å². The Kier molecular flexibility index (Phi) is 8.79. The zero-order valence-electron chi connectivity index (χ0n) is 16.7. The Labute approximate surface area is 181 Å². The van der Waals surface area contributed by atoms with Gasteiger partial charge in [-0.3, -0.25) is 9.59 Å². The normalized spacial score (nSPS) is 11.3. The summed E-state index contributed by atoms with van der Waals surface area (Å²) in [6.07, 6.45) is 0.657. The molecule has 30 heavy (non-hydrogen) atoms. The van der Waals surface area contributed by atoms with Crippen LogP contribution in [0, 0.1) is 0 Å². The van der Waals surface area contributed by atoms with Gasteiger partial charge in [0.2, 0.25) is 15.9 Å². The highest BCUT2D eigenvalue weighted by Gasteiger charge is 2.23. The highest BCUT2D eigenvalue weighted by molar-refractivity contribution is 7.89. The van der Waals surface area contributed by atoms with Gasteiger partial charge < -0.3 is 15.4 Å². The molecule has 0 bridgehead atoms. The van der Waals surface area contributed by atoms with Crippen LogP contribution in [0.4, 0.5) is 5.69 Å². The van der Waals surface area contributed by atoms with Crippen molar-refractivity contribution in [2.45, 2.75) is 11.3 Å². The molecule has 0 aliphatic rings. The Balaban J connectivity index is 2.04. The first-order chi connectivity index (χ1) is 14.3. The average molecular weight is 454 g/mol. The maximum absolute atomic E-state index is 12.6. The summed E-state index contributed by atoms with van der Waals surface area (Å²) < 4.78 is 31.1. The van der Waals surface area contributed by atoms with E-state index in [1.165, 1.54) is 31.3 Å². The molecule has 2 rings (SSSR count). The summed E-state index contributed by atoms with van der Waals surface area (Å²) in [6.45, 7) is 0.527. The number of rotatable bonds is 10. The number of hydrogen-bond acceptors (Lipinski definition) is 5. The minimum Gasteiger partial charge on any atom is -0.385 e. The van der Waals surface area contributed by atoms with Crippen molar-refractivity contribution in [3.63, 3.8) is 0 Å². The van der Waals surface area contributed by atoms with E-state index in [1.54, 1.807) is 31.4 Å². The van der Waals surface area contributed by atoms with Crippen LogP contribution in [0.15, 0.2) is 53.4 Å². The monoisotopic (exact) mass is 453 g/mol. The standard InChI is InChI=1S/C20H24ClN3O5S/c1-24(30(27,28)16-10-8-15(21)9-11-16)14-19(25)23-18-7-4-3-6-17(18)20(26)22-12-5-13-29-2/h3-4,6-11H,5,12-14H2,1-2H3,(H,22,26)(H,23,25). The quantitative estimate of drug-likeness (QED) is 0.537. The molecule has 162 valence electrons. The summed E-state index contributed by atoms with van der Waals surface area (Å²) in [4.78, 5) is 24.9.